The smallest absolute Gasteiger partial charge is 0.321 e. The summed E-state index contributed by atoms with van der Waals surface area (Å²) < 4.78 is 12.7. The maximum Gasteiger partial charge on any atom is 0.321 e. The molecule has 3 nitrogen and oxygen atoms in total. The van der Waals surface area contributed by atoms with Crippen LogP contribution in [0.5, 0.6) is 0 Å². The zero-order valence-electron chi connectivity index (χ0n) is 10.1. The van der Waals surface area contributed by atoms with Crippen molar-refractivity contribution in [3.05, 3.63) is 35.6 Å². The van der Waals surface area contributed by atoms with Gasteiger partial charge in [0.1, 0.15) is 11.9 Å². The molecular weight excluding hydrogens is 221 g/mol. The molecule has 0 saturated heterocycles. The molecule has 0 aliphatic rings. The zero-order valence-corrected chi connectivity index (χ0v) is 10.1. The zero-order chi connectivity index (χ0) is 13.1. The van der Waals surface area contributed by atoms with Gasteiger partial charge in [-0.05, 0) is 36.0 Å². The molecule has 0 radical (unpaired) electrons. The predicted molar refractivity (Wildman–Crippen MR) is 64.1 cm³/mol. The van der Waals surface area contributed by atoms with E-state index >= 15 is 0 Å². The molecule has 0 aromatic heterocycles. The first kappa shape index (κ1) is 13.6. The number of aryl methyl sites for hydroxylation is 1. The normalized spacial score (nSPS) is 13.4. The number of benzene rings is 1. The van der Waals surface area contributed by atoms with Gasteiger partial charge in [0.2, 0.25) is 0 Å². The van der Waals surface area contributed by atoms with Crippen molar-refractivity contribution in [1.82, 2.24) is 0 Å². The Kier molecular flexibility index (Phi) is 4.23. The molecule has 4 heteroatoms. The van der Waals surface area contributed by atoms with Gasteiger partial charge in [-0.3, -0.25) is 4.79 Å². The SMILES string of the molecule is CC(C)(CCc1ccc(F)cc1)C(N)C(=O)O. The van der Waals surface area contributed by atoms with Crippen molar-refractivity contribution in [2.45, 2.75) is 32.7 Å². The van der Waals surface area contributed by atoms with Crippen LogP contribution >= 0.6 is 0 Å². The molecule has 0 bridgehead atoms. The molecule has 17 heavy (non-hydrogen) atoms. The van der Waals surface area contributed by atoms with Crippen molar-refractivity contribution in [2.24, 2.45) is 11.1 Å². The summed E-state index contributed by atoms with van der Waals surface area (Å²) in [5, 5.41) is 8.88. The Morgan fingerprint density at radius 3 is 2.41 bits per heavy atom. The highest BCUT2D eigenvalue weighted by molar-refractivity contribution is 5.74. The number of rotatable bonds is 5. The van der Waals surface area contributed by atoms with Crippen LogP contribution in [0.4, 0.5) is 4.39 Å². The summed E-state index contributed by atoms with van der Waals surface area (Å²) in [6.45, 7) is 3.66. The van der Waals surface area contributed by atoms with Crippen molar-refractivity contribution in [3.8, 4) is 0 Å². The summed E-state index contributed by atoms with van der Waals surface area (Å²) in [6, 6.07) is 5.33. The van der Waals surface area contributed by atoms with E-state index in [1.165, 1.54) is 12.1 Å². The molecule has 1 unspecified atom stereocenters. The van der Waals surface area contributed by atoms with E-state index in [2.05, 4.69) is 0 Å². The van der Waals surface area contributed by atoms with E-state index in [1.54, 1.807) is 12.1 Å². The van der Waals surface area contributed by atoms with Gasteiger partial charge in [0.25, 0.3) is 0 Å². The van der Waals surface area contributed by atoms with Crippen LogP contribution in [0.2, 0.25) is 0 Å². The molecule has 1 atom stereocenters. The van der Waals surface area contributed by atoms with Crippen LogP contribution in [0.1, 0.15) is 25.8 Å². The quantitative estimate of drug-likeness (QED) is 0.828. The van der Waals surface area contributed by atoms with Gasteiger partial charge in [-0.25, -0.2) is 4.39 Å². The number of carboxylic acids is 1. The molecule has 3 N–H and O–H groups in total. The van der Waals surface area contributed by atoms with E-state index in [0.717, 1.165) is 5.56 Å². The lowest BCUT2D eigenvalue weighted by Gasteiger charge is -2.28. The standard InChI is InChI=1S/C13H18FNO2/c1-13(2,11(15)12(16)17)8-7-9-3-5-10(14)6-4-9/h3-6,11H,7-8,15H2,1-2H3,(H,16,17). The molecule has 1 rings (SSSR count). The second-order valence-corrected chi connectivity index (χ2v) is 4.93. The molecule has 0 aliphatic carbocycles. The molecule has 1 aromatic rings. The first-order chi connectivity index (χ1) is 7.83. The second-order valence-electron chi connectivity index (χ2n) is 4.93. The number of aliphatic carboxylic acids is 1. The van der Waals surface area contributed by atoms with E-state index in [1.807, 2.05) is 13.8 Å². The van der Waals surface area contributed by atoms with Gasteiger partial charge in [-0.1, -0.05) is 26.0 Å². The Bertz CT molecular complexity index is 387. The van der Waals surface area contributed by atoms with Gasteiger partial charge in [0.05, 0.1) is 0 Å². The molecule has 0 fully saturated rings. The van der Waals surface area contributed by atoms with Gasteiger partial charge in [0, 0.05) is 0 Å². The predicted octanol–water partition coefficient (Wildman–Crippen LogP) is 2.20. The highest BCUT2D eigenvalue weighted by Gasteiger charge is 2.31. The number of halogens is 1. The first-order valence-electron chi connectivity index (χ1n) is 5.56. The summed E-state index contributed by atoms with van der Waals surface area (Å²) in [5.74, 6) is -1.26. The van der Waals surface area contributed by atoms with Crippen molar-refractivity contribution < 1.29 is 14.3 Å². The van der Waals surface area contributed by atoms with Crippen LogP contribution in [0, 0.1) is 11.2 Å². The van der Waals surface area contributed by atoms with Gasteiger partial charge < -0.3 is 10.8 Å². The molecule has 94 valence electrons. The minimum Gasteiger partial charge on any atom is -0.480 e. The van der Waals surface area contributed by atoms with Gasteiger partial charge in [-0.15, -0.1) is 0 Å². The molecule has 0 aliphatic heterocycles. The minimum absolute atomic E-state index is 0.268. The average molecular weight is 239 g/mol. The van der Waals surface area contributed by atoms with Crippen molar-refractivity contribution >= 4 is 5.97 Å². The third kappa shape index (κ3) is 3.82. The fraction of sp³-hybridized carbons (Fsp3) is 0.462. The fourth-order valence-corrected chi connectivity index (χ4v) is 1.61. The summed E-state index contributed by atoms with van der Waals surface area (Å²) >= 11 is 0. The Balaban J connectivity index is 2.60. The molecule has 1 aromatic carbocycles. The first-order valence-corrected chi connectivity index (χ1v) is 5.56. The minimum atomic E-state index is -0.992. The molecule has 0 saturated carbocycles. The average Bonchev–Trinajstić information content (AvgIpc) is 2.27. The van der Waals surface area contributed by atoms with Crippen LogP contribution in [-0.2, 0) is 11.2 Å². The largest absolute Gasteiger partial charge is 0.480 e. The number of nitrogens with two attached hydrogens (primary N) is 1. The van der Waals surface area contributed by atoms with Crippen molar-refractivity contribution in [2.75, 3.05) is 0 Å². The van der Waals surface area contributed by atoms with E-state index in [9.17, 15) is 9.18 Å². The van der Waals surface area contributed by atoms with E-state index in [4.69, 9.17) is 10.8 Å². The van der Waals surface area contributed by atoms with Crippen LogP contribution in [0.3, 0.4) is 0 Å². The van der Waals surface area contributed by atoms with Gasteiger partial charge in [0.15, 0.2) is 0 Å². The lowest BCUT2D eigenvalue weighted by Crippen LogP contribution is -2.44. The lowest BCUT2D eigenvalue weighted by molar-refractivity contribution is -0.141. The second kappa shape index (κ2) is 5.27. The summed E-state index contributed by atoms with van der Waals surface area (Å²) in [7, 11) is 0. The molecule has 0 amide bonds. The summed E-state index contributed by atoms with van der Waals surface area (Å²) in [5.41, 5.74) is 6.12. The van der Waals surface area contributed by atoms with Crippen LogP contribution < -0.4 is 5.73 Å². The van der Waals surface area contributed by atoms with Crippen LogP contribution in [0.15, 0.2) is 24.3 Å². The Hall–Kier alpha value is -1.42. The van der Waals surface area contributed by atoms with E-state index in [-0.39, 0.29) is 5.82 Å². The van der Waals surface area contributed by atoms with E-state index < -0.39 is 17.4 Å². The Morgan fingerprint density at radius 2 is 1.94 bits per heavy atom. The fourth-order valence-electron chi connectivity index (χ4n) is 1.61. The Labute approximate surface area is 100 Å². The topological polar surface area (TPSA) is 63.3 Å². The highest BCUT2D eigenvalue weighted by atomic mass is 19.1. The maximum absolute atomic E-state index is 12.7. The van der Waals surface area contributed by atoms with Gasteiger partial charge in [-0.2, -0.15) is 0 Å². The van der Waals surface area contributed by atoms with Gasteiger partial charge >= 0.3 is 5.97 Å². The highest BCUT2D eigenvalue weighted by Crippen LogP contribution is 2.26. The number of carboxylic acid groups (broad SMARTS) is 1. The summed E-state index contributed by atoms with van der Waals surface area (Å²) in [4.78, 5) is 10.8. The number of hydrogen-bond donors (Lipinski definition) is 2. The molecular formula is C13H18FNO2. The lowest BCUT2D eigenvalue weighted by atomic mass is 9.79. The monoisotopic (exact) mass is 239 g/mol. The molecule has 0 spiro atoms. The molecule has 0 heterocycles. The van der Waals surface area contributed by atoms with Crippen molar-refractivity contribution in [3.63, 3.8) is 0 Å². The van der Waals surface area contributed by atoms with Crippen molar-refractivity contribution in [1.29, 1.82) is 0 Å². The van der Waals surface area contributed by atoms with E-state index in [0.29, 0.717) is 12.8 Å². The number of hydrogen-bond acceptors (Lipinski definition) is 2. The maximum atomic E-state index is 12.7. The summed E-state index contributed by atoms with van der Waals surface area (Å²) in [6.07, 6.45) is 1.33. The van der Waals surface area contributed by atoms with Crippen LogP contribution in [-0.4, -0.2) is 17.1 Å². The Morgan fingerprint density at radius 1 is 1.41 bits per heavy atom. The number of carbonyl (C=O) groups is 1. The third-order valence-corrected chi connectivity index (χ3v) is 3.08. The van der Waals surface area contributed by atoms with Crippen LogP contribution in [0.25, 0.3) is 0 Å². The third-order valence-electron chi connectivity index (χ3n) is 3.08.